The zero-order valence-corrected chi connectivity index (χ0v) is 10.7. The van der Waals surface area contributed by atoms with Crippen molar-refractivity contribution < 1.29 is 9.59 Å². The average Bonchev–Trinajstić information content (AvgIpc) is 2.57. The number of amides is 2. The van der Waals surface area contributed by atoms with Gasteiger partial charge in [0, 0.05) is 30.7 Å². The number of rotatable bonds is 3. The van der Waals surface area contributed by atoms with Gasteiger partial charge in [0.05, 0.1) is 0 Å². The number of carbonyl (C=O) groups is 2. The first-order valence-corrected chi connectivity index (χ1v) is 6.79. The second-order valence-corrected chi connectivity index (χ2v) is 5.73. The lowest BCUT2D eigenvalue weighted by Gasteiger charge is -2.29. The van der Waals surface area contributed by atoms with Crippen LogP contribution in [0.15, 0.2) is 0 Å². The van der Waals surface area contributed by atoms with E-state index in [4.69, 9.17) is 12.2 Å². The molecule has 16 heavy (non-hydrogen) atoms. The van der Waals surface area contributed by atoms with Gasteiger partial charge in [-0.2, -0.15) is 0 Å². The fourth-order valence-corrected chi connectivity index (χ4v) is 3.49. The molecule has 2 amide bonds. The maximum Gasteiger partial charge on any atom is 0.230 e. The lowest BCUT2D eigenvalue weighted by atomic mass is 10.0. The molecular formula is C10H14N2O2S2. The third kappa shape index (κ3) is 2.22. The van der Waals surface area contributed by atoms with Gasteiger partial charge in [0.25, 0.3) is 0 Å². The smallest absolute Gasteiger partial charge is 0.230 e. The van der Waals surface area contributed by atoms with Gasteiger partial charge in [0.15, 0.2) is 0 Å². The van der Waals surface area contributed by atoms with Crippen LogP contribution in [0.1, 0.15) is 26.2 Å². The maximum atomic E-state index is 12.0. The summed E-state index contributed by atoms with van der Waals surface area (Å²) in [6.45, 7) is 2.06. The van der Waals surface area contributed by atoms with Crippen LogP contribution in [0.5, 0.6) is 0 Å². The van der Waals surface area contributed by atoms with E-state index in [0.29, 0.717) is 17.2 Å². The van der Waals surface area contributed by atoms with Gasteiger partial charge in [0.1, 0.15) is 4.32 Å². The summed E-state index contributed by atoms with van der Waals surface area (Å²) in [5.74, 6) is 0.980. The van der Waals surface area contributed by atoms with Crippen molar-refractivity contribution in [1.82, 2.24) is 10.2 Å². The van der Waals surface area contributed by atoms with Crippen LogP contribution >= 0.6 is 24.0 Å². The molecule has 0 saturated carbocycles. The van der Waals surface area contributed by atoms with E-state index in [1.807, 2.05) is 0 Å². The molecule has 0 spiro atoms. The molecule has 2 saturated heterocycles. The molecule has 0 aromatic carbocycles. The third-order valence-corrected chi connectivity index (χ3v) is 4.46. The Balaban J connectivity index is 1.92. The number of carbonyl (C=O) groups excluding carboxylic acids is 2. The largest absolute Gasteiger partial charge is 0.352 e. The monoisotopic (exact) mass is 258 g/mol. The van der Waals surface area contributed by atoms with Gasteiger partial charge < -0.3 is 5.32 Å². The van der Waals surface area contributed by atoms with E-state index in [1.54, 1.807) is 16.7 Å². The van der Waals surface area contributed by atoms with Crippen LogP contribution in [0.4, 0.5) is 0 Å². The first-order chi connectivity index (χ1) is 7.61. The second kappa shape index (κ2) is 4.71. The van der Waals surface area contributed by atoms with Gasteiger partial charge in [-0.25, -0.2) is 0 Å². The van der Waals surface area contributed by atoms with E-state index >= 15 is 0 Å². The highest BCUT2D eigenvalue weighted by Crippen LogP contribution is 2.27. The van der Waals surface area contributed by atoms with Gasteiger partial charge in [0.2, 0.25) is 11.8 Å². The molecule has 0 aliphatic carbocycles. The van der Waals surface area contributed by atoms with Crippen molar-refractivity contribution in [2.75, 3.05) is 5.75 Å². The van der Waals surface area contributed by atoms with Crippen molar-refractivity contribution in [3.63, 3.8) is 0 Å². The summed E-state index contributed by atoms with van der Waals surface area (Å²) in [7, 11) is 0. The van der Waals surface area contributed by atoms with Gasteiger partial charge in [-0.15, -0.1) is 0 Å². The normalized spacial score (nSPS) is 28.9. The number of nitrogens with zero attached hydrogens (tertiary/aromatic N) is 1. The number of thiocarbonyl (C=S) groups is 1. The van der Waals surface area contributed by atoms with Crippen LogP contribution < -0.4 is 5.32 Å². The van der Waals surface area contributed by atoms with Crippen molar-refractivity contribution in [3.05, 3.63) is 0 Å². The van der Waals surface area contributed by atoms with E-state index in [2.05, 4.69) is 12.2 Å². The first-order valence-electron chi connectivity index (χ1n) is 5.40. The molecule has 2 aliphatic heterocycles. The highest BCUT2D eigenvalue weighted by molar-refractivity contribution is 8.23. The van der Waals surface area contributed by atoms with Crippen LogP contribution in [0.25, 0.3) is 0 Å². The molecule has 6 heteroatoms. The van der Waals surface area contributed by atoms with Gasteiger partial charge in [-0.3, -0.25) is 14.5 Å². The molecule has 2 heterocycles. The number of thioether (sulfide) groups is 1. The Morgan fingerprint density at radius 3 is 2.94 bits per heavy atom. The number of β-lactam (4-membered cyclic amide) rings is 1. The topological polar surface area (TPSA) is 49.4 Å². The van der Waals surface area contributed by atoms with Crippen LogP contribution in [0, 0.1) is 0 Å². The minimum Gasteiger partial charge on any atom is -0.352 e. The quantitative estimate of drug-likeness (QED) is 0.604. The fourth-order valence-electron chi connectivity index (χ4n) is 1.93. The van der Waals surface area contributed by atoms with Crippen LogP contribution in [-0.4, -0.2) is 38.9 Å². The zero-order chi connectivity index (χ0) is 11.7. The molecular weight excluding hydrogens is 244 g/mol. The molecule has 1 N–H and O–H groups in total. The van der Waals surface area contributed by atoms with Crippen molar-refractivity contribution in [3.8, 4) is 0 Å². The molecule has 2 fully saturated rings. The molecule has 2 rings (SSSR count). The summed E-state index contributed by atoms with van der Waals surface area (Å²) in [4.78, 5) is 24.5. The van der Waals surface area contributed by atoms with Crippen molar-refractivity contribution >= 4 is 40.1 Å². The summed E-state index contributed by atoms with van der Waals surface area (Å²) in [6, 6.07) is 0.256. The Morgan fingerprint density at radius 2 is 2.38 bits per heavy atom. The number of nitrogens with one attached hydrogen (secondary N) is 1. The van der Waals surface area contributed by atoms with Crippen LogP contribution in [0.3, 0.4) is 0 Å². The van der Waals surface area contributed by atoms with Gasteiger partial charge >= 0.3 is 0 Å². The summed E-state index contributed by atoms with van der Waals surface area (Å²) >= 11 is 6.74. The predicted octanol–water partition coefficient (Wildman–Crippen LogP) is 0.904. The molecule has 0 unspecified atom stereocenters. The highest BCUT2D eigenvalue weighted by atomic mass is 32.2. The van der Waals surface area contributed by atoms with Crippen LogP contribution in [0.2, 0.25) is 0 Å². The summed E-state index contributed by atoms with van der Waals surface area (Å²) in [5.41, 5.74) is 0. The minimum atomic E-state index is 0.0194. The van der Waals surface area contributed by atoms with Crippen molar-refractivity contribution in [2.24, 2.45) is 0 Å². The lowest BCUT2D eigenvalue weighted by Crippen LogP contribution is -2.51. The maximum absolute atomic E-state index is 12.0. The van der Waals surface area contributed by atoms with Crippen molar-refractivity contribution in [2.45, 2.75) is 38.3 Å². The summed E-state index contributed by atoms with van der Waals surface area (Å²) in [5, 5.41) is 2.71. The molecule has 2 aliphatic rings. The molecule has 88 valence electrons. The zero-order valence-electron chi connectivity index (χ0n) is 9.06. The Kier molecular flexibility index (Phi) is 3.49. The van der Waals surface area contributed by atoms with Crippen molar-refractivity contribution in [1.29, 1.82) is 0 Å². The lowest BCUT2D eigenvalue weighted by molar-refractivity contribution is -0.133. The Bertz CT molecular complexity index is 338. The number of hydrogen-bond donors (Lipinski definition) is 1. The van der Waals surface area contributed by atoms with Gasteiger partial charge in [-0.05, 0) is 6.42 Å². The molecule has 0 bridgehead atoms. The standard InChI is InChI=1S/C10H14N2O2S2/c1-2-7-5-16-10(15)12(7)9(14)4-6-3-8(13)11-6/h6-7H,2-5H2,1H3,(H,11,13)/t6-,7-/m0/s1. The Labute approximate surface area is 104 Å². The SMILES string of the molecule is CC[C@H]1CSC(=S)N1C(=O)C[C@@H]1CC(=O)N1. The van der Waals surface area contributed by atoms with E-state index in [0.717, 1.165) is 12.2 Å². The van der Waals surface area contributed by atoms with E-state index in [1.165, 1.54) is 0 Å². The summed E-state index contributed by atoms with van der Waals surface area (Å²) < 4.78 is 0.683. The first kappa shape index (κ1) is 11.9. The third-order valence-electron chi connectivity index (χ3n) is 2.92. The molecule has 0 radical (unpaired) electrons. The Morgan fingerprint density at radius 1 is 1.69 bits per heavy atom. The molecule has 4 nitrogen and oxygen atoms in total. The predicted molar refractivity (Wildman–Crippen MR) is 67.1 cm³/mol. The molecule has 0 aromatic heterocycles. The average molecular weight is 258 g/mol. The fraction of sp³-hybridized carbons (Fsp3) is 0.700. The van der Waals surface area contributed by atoms with Gasteiger partial charge in [-0.1, -0.05) is 30.9 Å². The molecule has 0 aromatic rings. The highest BCUT2D eigenvalue weighted by Gasteiger charge is 2.36. The second-order valence-electron chi connectivity index (χ2n) is 4.08. The minimum absolute atomic E-state index is 0.0194. The van der Waals surface area contributed by atoms with E-state index in [9.17, 15) is 9.59 Å². The van der Waals surface area contributed by atoms with E-state index in [-0.39, 0.29) is 23.9 Å². The Hall–Kier alpha value is -0.620. The van der Waals surface area contributed by atoms with Crippen LogP contribution in [-0.2, 0) is 9.59 Å². The number of hydrogen-bond acceptors (Lipinski definition) is 4. The summed E-state index contributed by atoms with van der Waals surface area (Å²) in [6.07, 6.45) is 1.77. The molecule has 2 atom stereocenters. The van der Waals surface area contributed by atoms with E-state index < -0.39 is 0 Å².